The number of benzene rings is 1. The third kappa shape index (κ3) is 1.52. The molecule has 0 amide bonds. The maximum atomic E-state index is 11.6. The maximum Gasteiger partial charge on any atom is 0.339 e. The van der Waals surface area contributed by atoms with Crippen LogP contribution in [0.3, 0.4) is 0 Å². The van der Waals surface area contributed by atoms with Crippen LogP contribution in [0.15, 0.2) is 24.3 Å². The van der Waals surface area contributed by atoms with Crippen LogP contribution < -0.4 is 0 Å². The van der Waals surface area contributed by atoms with Gasteiger partial charge in [-0.05, 0) is 18.9 Å². The number of cyclic esters (lactones) is 1. The van der Waals surface area contributed by atoms with Crippen molar-refractivity contribution in [3.05, 3.63) is 35.4 Å². The molecule has 0 aromatic heterocycles. The number of hydrogen-bond donors (Lipinski definition) is 0. The lowest BCUT2D eigenvalue weighted by molar-refractivity contribution is 0.0364. The van der Waals surface area contributed by atoms with Gasteiger partial charge in [-0.15, -0.1) is 0 Å². The molecule has 1 heterocycles. The Labute approximate surface area is 88.1 Å². The standard InChI is InChI=1S/C12H14O2/c1-2-3-8-11-9-6-4-5-7-10(9)12(13)14-11/h4-7,11H,2-3,8H2,1H3/i8D2,11D. The van der Waals surface area contributed by atoms with Gasteiger partial charge in [-0.3, -0.25) is 0 Å². The lowest BCUT2D eigenvalue weighted by Crippen LogP contribution is -1.98. The number of rotatable bonds is 3. The average molecular weight is 193 g/mol. The van der Waals surface area contributed by atoms with Gasteiger partial charge < -0.3 is 4.74 Å². The third-order valence-electron chi connectivity index (χ3n) is 2.12. The van der Waals surface area contributed by atoms with Crippen molar-refractivity contribution in [2.45, 2.75) is 32.2 Å². The molecule has 2 rings (SSSR count). The fraction of sp³-hybridized carbons (Fsp3) is 0.417. The number of fused-ring (bicyclic) bond motifs is 1. The summed E-state index contributed by atoms with van der Waals surface area (Å²) >= 11 is 0. The summed E-state index contributed by atoms with van der Waals surface area (Å²) in [4.78, 5) is 11.6. The zero-order chi connectivity index (χ0) is 12.7. The topological polar surface area (TPSA) is 26.3 Å². The maximum absolute atomic E-state index is 11.6. The summed E-state index contributed by atoms with van der Waals surface area (Å²) in [6.07, 6.45) is -3.04. The fourth-order valence-corrected chi connectivity index (χ4v) is 1.43. The molecule has 0 N–H and O–H groups in total. The molecule has 0 spiro atoms. The van der Waals surface area contributed by atoms with Crippen molar-refractivity contribution in [2.24, 2.45) is 0 Å². The fourth-order valence-electron chi connectivity index (χ4n) is 1.43. The smallest absolute Gasteiger partial charge is 0.339 e. The average Bonchev–Trinajstić information content (AvgIpc) is 2.54. The second-order valence-corrected chi connectivity index (χ2v) is 3.19. The Morgan fingerprint density at radius 2 is 2.36 bits per heavy atom. The second kappa shape index (κ2) is 3.82. The molecule has 0 aliphatic carbocycles. The Hall–Kier alpha value is -1.31. The molecule has 1 aromatic rings. The van der Waals surface area contributed by atoms with Gasteiger partial charge in [0.25, 0.3) is 0 Å². The Kier molecular flexibility index (Phi) is 1.70. The van der Waals surface area contributed by atoms with Gasteiger partial charge in [-0.1, -0.05) is 31.5 Å². The number of hydrogen-bond acceptors (Lipinski definition) is 2. The largest absolute Gasteiger partial charge is 0.454 e. The van der Waals surface area contributed by atoms with Crippen LogP contribution in [0.1, 0.15) is 52.3 Å². The zero-order valence-electron chi connectivity index (χ0n) is 11.0. The van der Waals surface area contributed by atoms with E-state index >= 15 is 0 Å². The Balaban J connectivity index is 2.51. The molecular weight excluding hydrogens is 176 g/mol. The summed E-state index contributed by atoms with van der Waals surface area (Å²) in [5.41, 5.74) is 0.617. The van der Waals surface area contributed by atoms with Crippen LogP contribution in [0.5, 0.6) is 0 Å². The highest BCUT2D eigenvalue weighted by molar-refractivity contribution is 5.93. The first-order chi connectivity index (χ1) is 7.92. The molecule has 1 unspecified atom stereocenters. The van der Waals surface area contributed by atoms with Crippen LogP contribution in [0, 0.1) is 0 Å². The van der Waals surface area contributed by atoms with E-state index < -0.39 is 18.4 Å². The molecule has 1 aromatic carbocycles. The van der Waals surface area contributed by atoms with E-state index in [-0.39, 0.29) is 6.42 Å². The van der Waals surface area contributed by atoms with Gasteiger partial charge in [0.05, 0.1) is 6.93 Å². The van der Waals surface area contributed by atoms with Crippen molar-refractivity contribution in [3.63, 3.8) is 0 Å². The highest BCUT2D eigenvalue weighted by Crippen LogP contribution is 2.33. The lowest BCUT2D eigenvalue weighted by Gasteiger charge is -2.08. The Morgan fingerprint density at radius 1 is 1.57 bits per heavy atom. The number of esters is 1. The van der Waals surface area contributed by atoms with Crippen LogP contribution in [-0.4, -0.2) is 5.97 Å². The molecule has 14 heavy (non-hydrogen) atoms. The molecule has 2 heteroatoms. The summed E-state index contributed by atoms with van der Waals surface area (Å²) < 4.78 is 29.1. The molecule has 0 radical (unpaired) electrons. The summed E-state index contributed by atoms with van der Waals surface area (Å²) in [6, 6.07) is 6.52. The van der Waals surface area contributed by atoms with E-state index in [1.54, 1.807) is 24.3 Å². The molecule has 74 valence electrons. The van der Waals surface area contributed by atoms with Crippen molar-refractivity contribution in [3.8, 4) is 0 Å². The van der Waals surface area contributed by atoms with Crippen molar-refractivity contribution < 1.29 is 13.6 Å². The molecule has 2 nitrogen and oxygen atoms in total. The van der Waals surface area contributed by atoms with E-state index in [9.17, 15) is 4.79 Å². The van der Waals surface area contributed by atoms with Crippen LogP contribution >= 0.6 is 0 Å². The Morgan fingerprint density at radius 3 is 3.14 bits per heavy atom. The first-order valence-electron chi connectivity index (χ1n) is 6.25. The quantitative estimate of drug-likeness (QED) is 0.689. The first-order valence-corrected chi connectivity index (χ1v) is 4.75. The van der Waals surface area contributed by atoms with Crippen molar-refractivity contribution in [1.82, 2.24) is 0 Å². The predicted molar refractivity (Wildman–Crippen MR) is 54.1 cm³/mol. The molecule has 1 aliphatic heterocycles. The summed E-state index contributed by atoms with van der Waals surface area (Å²) in [6.45, 7) is 1.84. The van der Waals surface area contributed by atoms with E-state index in [2.05, 4.69) is 0 Å². The normalized spacial score (nSPS) is 28.6. The van der Waals surface area contributed by atoms with Gasteiger partial charge in [0.15, 0.2) is 0 Å². The van der Waals surface area contributed by atoms with Crippen LogP contribution in [0.2, 0.25) is 0 Å². The molecule has 0 bridgehead atoms. The van der Waals surface area contributed by atoms with E-state index in [0.717, 1.165) is 0 Å². The van der Waals surface area contributed by atoms with E-state index in [4.69, 9.17) is 8.85 Å². The van der Waals surface area contributed by atoms with Gasteiger partial charge in [0.2, 0.25) is 0 Å². The summed E-state index contributed by atoms with van der Waals surface area (Å²) in [5.74, 6) is -0.615. The minimum absolute atomic E-state index is 0.179. The monoisotopic (exact) mass is 193 g/mol. The minimum Gasteiger partial charge on any atom is -0.454 e. The van der Waals surface area contributed by atoms with Gasteiger partial charge in [-0.2, -0.15) is 0 Å². The highest BCUT2D eigenvalue weighted by Gasteiger charge is 2.29. The second-order valence-electron chi connectivity index (χ2n) is 3.19. The Bertz CT molecular complexity index is 459. The molecule has 0 fully saturated rings. The molecule has 1 aliphatic rings. The van der Waals surface area contributed by atoms with Crippen molar-refractivity contribution in [1.29, 1.82) is 0 Å². The lowest BCUT2D eigenvalue weighted by atomic mass is 10.0. The van der Waals surface area contributed by atoms with Gasteiger partial charge in [0.1, 0.15) is 6.08 Å². The van der Waals surface area contributed by atoms with E-state index in [1.165, 1.54) is 0 Å². The predicted octanol–water partition coefficient (Wildman–Crippen LogP) is 3.09. The van der Waals surface area contributed by atoms with Crippen LogP contribution in [0.25, 0.3) is 0 Å². The number of carbonyl (C=O) groups excluding carboxylic acids is 1. The minimum atomic E-state index is -1.92. The molecular formula is C12H14O2. The van der Waals surface area contributed by atoms with E-state index in [0.29, 0.717) is 17.5 Å². The first kappa shape index (κ1) is 6.23. The van der Waals surface area contributed by atoms with E-state index in [1.807, 2.05) is 6.92 Å². The van der Waals surface area contributed by atoms with Crippen LogP contribution in [0.4, 0.5) is 0 Å². The third-order valence-corrected chi connectivity index (χ3v) is 2.12. The van der Waals surface area contributed by atoms with Gasteiger partial charge >= 0.3 is 5.97 Å². The SMILES string of the molecule is [2H]C([2H])(CCC)C1([2H])OC(=O)c2ccccc21. The molecule has 1 atom stereocenters. The molecule has 0 saturated carbocycles. The van der Waals surface area contributed by atoms with Crippen molar-refractivity contribution in [2.75, 3.05) is 0 Å². The molecule has 0 saturated heterocycles. The number of carbonyl (C=O) groups is 1. The van der Waals surface area contributed by atoms with Gasteiger partial charge in [0, 0.05) is 8.30 Å². The number of ether oxygens (including phenoxy) is 1. The summed E-state index contributed by atoms with van der Waals surface area (Å²) in [5, 5.41) is 0. The van der Waals surface area contributed by atoms with Crippen LogP contribution in [-0.2, 0) is 4.74 Å². The van der Waals surface area contributed by atoms with Gasteiger partial charge in [-0.25, -0.2) is 4.79 Å². The summed E-state index contributed by atoms with van der Waals surface area (Å²) in [7, 11) is 0. The highest BCUT2D eigenvalue weighted by atomic mass is 16.5. The zero-order valence-corrected chi connectivity index (χ0v) is 8.04. The van der Waals surface area contributed by atoms with Crippen molar-refractivity contribution >= 4 is 5.97 Å².